The number of amides is 1. The Bertz CT molecular complexity index is 438. The molecule has 0 saturated carbocycles. The van der Waals surface area contributed by atoms with Gasteiger partial charge in [-0.05, 0) is 23.9 Å². The molecule has 5 nitrogen and oxygen atoms in total. The largest absolute Gasteiger partial charge is 0.387 e. The van der Waals surface area contributed by atoms with Gasteiger partial charge < -0.3 is 20.5 Å². The van der Waals surface area contributed by atoms with Gasteiger partial charge in [0.05, 0.1) is 25.4 Å². The van der Waals surface area contributed by atoms with Gasteiger partial charge in [-0.15, -0.1) is 11.3 Å². The zero-order valence-electron chi connectivity index (χ0n) is 12.4. The minimum absolute atomic E-state index is 0.0617. The molecule has 0 radical (unpaired) electrons. The number of carbonyl (C=O) groups excluding carboxylic acids is 1. The average molecular weight is 312 g/mol. The van der Waals surface area contributed by atoms with Crippen LogP contribution in [0.5, 0.6) is 0 Å². The summed E-state index contributed by atoms with van der Waals surface area (Å²) in [5.74, 6) is 0.294. The van der Waals surface area contributed by atoms with Crippen LogP contribution in [0.4, 0.5) is 0 Å². The van der Waals surface area contributed by atoms with E-state index >= 15 is 0 Å². The SMILES string of the molecule is CC(CN)CC(=O)N1CCOCC1CC(O)c1cccs1. The lowest BCUT2D eigenvalue weighted by Crippen LogP contribution is -2.49. The Morgan fingerprint density at radius 3 is 3.14 bits per heavy atom. The average Bonchev–Trinajstić information content (AvgIpc) is 3.01. The molecule has 118 valence electrons. The molecule has 0 spiro atoms. The lowest BCUT2D eigenvalue weighted by molar-refractivity contribution is -0.142. The third-order valence-electron chi connectivity index (χ3n) is 3.84. The van der Waals surface area contributed by atoms with Gasteiger partial charge in [-0.2, -0.15) is 0 Å². The van der Waals surface area contributed by atoms with Crippen LogP contribution in [0, 0.1) is 5.92 Å². The van der Waals surface area contributed by atoms with Crippen molar-refractivity contribution in [1.29, 1.82) is 0 Å². The molecule has 3 N–H and O–H groups in total. The zero-order valence-corrected chi connectivity index (χ0v) is 13.2. The molecule has 1 fully saturated rings. The predicted molar refractivity (Wildman–Crippen MR) is 83.1 cm³/mol. The maximum absolute atomic E-state index is 12.4. The number of morpholine rings is 1. The standard InChI is InChI=1S/C15H24N2O3S/c1-11(9-16)7-15(19)17-4-5-20-10-12(17)8-13(18)14-3-2-6-21-14/h2-3,6,11-13,18H,4-5,7-10,16H2,1H3. The normalized spacial score (nSPS) is 22.0. The number of thiophene rings is 1. The Morgan fingerprint density at radius 1 is 1.67 bits per heavy atom. The first-order valence-electron chi connectivity index (χ1n) is 7.40. The quantitative estimate of drug-likeness (QED) is 0.832. The van der Waals surface area contributed by atoms with E-state index in [0.29, 0.717) is 39.1 Å². The number of nitrogens with zero attached hydrogens (tertiary/aromatic N) is 1. The van der Waals surface area contributed by atoms with Gasteiger partial charge in [0, 0.05) is 24.3 Å². The number of hydrogen-bond acceptors (Lipinski definition) is 5. The maximum atomic E-state index is 12.4. The van der Waals surface area contributed by atoms with Gasteiger partial charge in [0.15, 0.2) is 0 Å². The van der Waals surface area contributed by atoms with Crippen LogP contribution in [0.3, 0.4) is 0 Å². The van der Waals surface area contributed by atoms with Gasteiger partial charge in [-0.1, -0.05) is 13.0 Å². The first-order chi connectivity index (χ1) is 10.1. The summed E-state index contributed by atoms with van der Waals surface area (Å²) in [4.78, 5) is 15.2. The van der Waals surface area contributed by atoms with Crippen LogP contribution >= 0.6 is 11.3 Å². The summed E-state index contributed by atoms with van der Waals surface area (Å²) < 4.78 is 5.49. The molecular formula is C15H24N2O3S. The second kappa shape index (κ2) is 7.89. The maximum Gasteiger partial charge on any atom is 0.223 e. The third kappa shape index (κ3) is 4.51. The van der Waals surface area contributed by atoms with E-state index in [4.69, 9.17) is 10.5 Å². The van der Waals surface area contributed by atoms with Crippen LogP contribution in [-0.4, -0.2) is 48.3 Å². The van der Waals surface area contributed by atoms with Gasteiger partial charge in [-0.3, -0.25) is 4.79 Å². The van der Waals surface area contributed by atoms with E-state index in [1.807, 2.05) is 29.3 Å². The van der Waals surface area contributed by atoms with Crippen molar-refractivity contribution in [2.75, 3.05) is 26.3 Å². The molecular weight excluding hydrogens is 288 g/mol. The van der Waals surface area contributed by atoms with Crippen LogP contribution < -0.4 is 5.73 Å². The highest BCUT2D eigenvalue weighted by Crippen LogP contribution is 2.26. The van der Waals surface area contributed by atoms with Crippen LogP contribution in [0.15, 0.2) is 17.5 Å². The molecule has 2 heterocycles. The fourth-order valence-electron chi connectivity index (χ4n) is 2.53. The van der Waals surface area contributed by atoms with E-state index in [2.05, 4.69) is 0 Å². The Kier molecular flexibility index (Phi) is 6.17. The molecule has 0 bridgehead atoms. The molecule has 3 unspecified atom stereocenters. The van der Waals surface area contributed by atoms with Crippen LogP contribution in [-0.2, 0) is 9.53 Å². The number of ether oxygens (including phenoxy) is 1. The molecule has 1 amide bonds. The number of hydrogen-bond donors (Lipinski definition) is 2. The first kappa shape index (κ1) is 16.4. The fourth-order valence-corrected chi connectivity index (χ4v) is 3.26. The van der Waals surface area contributed by atoms with Crippen molar-refractivity contribution in [1.82, 2.24) is 4.90 Å². The summed E-state index contributed by atoms with van der Waals surface area (Å²) in [6.45, 7) is 4.14. The minimum atomic E-state index is -0.543. The first-order valence-corrected chi connectivity index (χ1v) is 8.28. The van der Waals surface area contributed by atoms with Crippen LogP contribution in [0.25, 0.3) is 0 Å². The topological polar surface area (TPSA) is 75.8 Å². The summed E-state index contributed by atoms with van der Waals surface area (Å²) in [6, 6.07) is 3.78. The van der Waals surface area contributed by atoms with Gasteiger partial charge in [0.1, 0.15) is 0 Å². The number of nitrogens with two attached hydrogens (primary N) is 1. The molecule has 0 aliphatic carbocycles. The van der Waals surface area contributed by atoms with Gasteiger partial charge in [0.2, 0.25) is 5.91 Å². The zero-order chi connectivity index (χ0) is 15.2. The molecule has 1 saturated heterocycles. The number of aliphatic hydroxyl groups is 1. The van der Waals surface area contributed by atoms with Crippen molar-refractivity contribution >= 4 is 17.2 Å². The Hall–Kier alpha value is -0.950. The predicted octanol–water partition coefficient (Wildman–Crippen LogP) is 1.38. The Morgan fingerprint density at radius 2 is 2.48 bits per heavy atom. The molecule has 21 heavy (non-hydrogen) atoms. The summed E-state index contributed by atoms with van der Waals surface area (Å²) in [7, 11) is 0. The monoisotopic (exact) mass is 312 g/mol. The van der Waals surface area contributed by atoms with E-state index in [-0.39, 0.29) is 17.9 Å². The summed E-state index contributed by atoms with van der Waals surface area (Å²) in [5, 5.41) is 12.2. The Balaban J connectivity index is 1.96. The van der Waals surface area contributed by atoms with E-state index in [1.54, 1.807) is 0 Å². The van der Waals surface area contributed by atoms with E-state index in [1.165, 1.54) is 11.3 Å². The molecule has 6 heteroatoms. The van der Waals surface area contributed by atoms with E-state index in [9.17, 15) is 9.90 Å². The third-order valence-corrected chi connectivity index (χ3v) is 4.81. The molecule has 1 aromatic rings. The fraction of sp³-hybridized carbons (Fsp3) is 0.667. The van der Waals surface area contributed by atoms with Gasteiger partial charge in [0.25, 0.3) is 0 Å². The number of aliphatic hydroxyl groups excluding tert-OH is 1. The van der Waals surface area contributed by atoms with Gasteiger partial charge >= 0.3 is 0 Å². The van der Waals surface area contributed by atoms with Crippen molar-refractivity contribution in [2.24, 2.45) is 11.7 Å². The molecule has 1 aliphatic rings. The van der Waals surface area contributed by atoms with Crippen molar-refractivity contribution in [3.63, 3.8) is 0 Å². The second-order valence-corrected chi connectivity index (χ2v) is 6.61. The molecule has 2 rings (SSSR count). The van der Waals surface area contributed by atoms with E-state index in [0.717, 1.165) is 4.88 Å². The van der Waals surface area contributed by atoms with Crippen molar-refractivity contribution in [3.05, 3.63) is 22.4 Å². The number of rotatable bonds is 6. The molecule has 1 aromatic heterocycles. The van der Waals surface area contributed by atoms with E-state index < -0.39 is 6.10 Å². The Labute approximate surface area is 129 Å². The van der Waals surface area contributed by atoms with Crippen molar-refractivity contribution in [2.45, 2.75) is 31.9 Å². The summed E-state index contributed by atoms with van der Waals surface area (Å²) >= 11 is 1.53. The lowest BCUT2D eigenvalue weighted by atomic mass is 10.0. The smallest absolute Gasteiger partial charge is 0.223 e. The molecule has 3 atom stereocenters. The second-order valence-electron chi connectivity index (χ2n) is 5.63. The number of carbonyl (C=O) groups is 1. The minimum Gasteiger partial charge on any atom is -0.387 e. The molecule has 0 aromatic carbocycles. The van der Waals surface area contributed by atoms with Crippen molar-refractivity contribution in [3.8, 4) is 0 Å². The van der Waals surface area contributed by atoms with Crippen LogP contribution in [0.1, 0.15) is 30.7 Å². The lowest BCUT2D eigenvalue weighted by Gasteiger charge is -2.37. The highest BCUT2D eigenvalue weighted by Gasteiger charge is 2.30. The van der Waals surface area contributed by atoms with Gasteiger partial charge in [-0.25, -0.2) is 0 Å². The summed E-state index contributed by atoms with van der Waals surface area (Å²) in [6.07, 6.45) is 0.435. The highest BCUT2D eigenvalue weighted by molar-refractivity contribution is 7.10. The highest BCUT2D eigenvalue weighted by atomic mass is 32.1. The van der Waals surface area contributed by atoms with Crippen LogP contribution in [0.2, 0.25) is 0 Å². The van der Waals surface area contributed by atoms with Crippen molar-refractivity contribution < 1.29 is 14.6 Å². The molecule has 1 aliphatic heterocycles. The summed E-state index contributed by atoms with van der Waals surface area (Å²) in [5.41, 5.74) is 5.60.